The van der Waals surface area contributed by atoms with Crippen molar-refractivity contribution in [1.82, 2.24) is 35.0 Å². The molecule has 2 N–H and O–H groups in total. The Balaban J connectivity index is 1.21. The predicted molar refractivity (Wildman–Crippen MR) is 160 cm³/mol. The van der Waals surface area contributed by atoms with Gasteiger partial charge in [0.1, 0.15) is 17.9 Å². The van der Waals surface area contributed by atoms with Gasteiger partial charge >= 0.3 is 0 Å². The van der Waals surface area contributed by atoms with E-state index in [2.05, 4.69) is 25.4 Å². The number of amides is 2. The van der Waals surface area contributed by atoms with Gasteiger partial charge in [-0.3, -0.25) is 14.6 Å². The molecular weight excluding hydrogens is 563 g/mol. The highest BCUT2D eigenvalue weighted by Gasteiger charge is 2.44. The summed E-state index contributed by atoms with van der Waals surface area (Å²) in [7, 11) is 1.53. The molecule has 4 heterocycles. The van der Waals surface area contributed by atoms with Crippen molar-refractivity contribution in [2.75, 3.05) is 39.8 Å². The highest BCUT2D eigenvalue weighted by molar-refractivity contribution is 5.98. The highest BCUT2D eigenvalue weighted by atomic mass is 19.1. The van der Waals surface area contributed by atoms with Gasteiger partial charge < -0.3 is 20.3 Å². The molecule has 0 bridgehead atoms. The molecule has 11 nitrogen and oxygen atoms in total. The van der Waals surface area contributed by atoms with E-state index in [4.69, 9.17) is 10.5 Å². The molecule has 12 heteroatoms. The zero-order valence-electron chi connectivity index (χ0n) is 24.6. The van der Waals surface area contributed by atoms with Gasteiger partial charge in [-0.05, 0) is 109 Å². The van der Waals surface area contributed by atoms with Gasteiger partial charge in [0.25, 0.3) is 5.91 Å². The first-order valence-corrected chi connectivity index (χ1v) is 14.7. The van der Waals surface area contributed by atoms with E-state index in [1.54, 1.807) is 42.7 Å². The van der Waals surface area contributed by atoms with Crippen molar-refractivity contribution in [2.45, 2.75) is 36.5 Å². The number of methoxy groups -OCH3 is 1. The van der Waals surface area contributed by atoms with Crippen molar-refractivity contribution < 1.29 is 18.7 Å². The number of nitrogens with two attached hydrogens (primary N) is 1. The summed E-state index contributed by atoms with van der Waals surface area (Å²) < 4.78 is 21.6. The maximum atomic E-state index is 14.5. The zero-order valence-corrected chi connectivity index (χ0v) is 24.6. The fourth-order valence-corrected chi connectivity index (χ4v) is 6.78. The average molecular weight is 599 g/mol. The van der Waals surface area contributed by atoms with Gasteiger partial charge in [-0.1, -0.05) is 12.1 Å². The number of aromatic nitrogens is 5. The van der Waals surface area contributed by atoms with E-state index in [1.165, 1.54) is 24.2 Å². The molecule has 2 aliphatic heterocycles. The van der Waals surface area contributed by atoms with Crippen LogP contribution in [0.1, 0.15) is 47.2 Å². The first-order valence-electron chi connectivity index (χ1n) is 14.7. The SMILES string of the molecule is COc1ccc(-n2cnnn2)cc1C(=O)N1CCC(CCN2CCC(C(N)=O)(c3ccncc3)CC2)(c2cccc(F)c2)C1. The van der Waals surface area contributed by atoms with Crippen molar-refractivity contribution in [2.24, 2.45) is 5.73 Å². The number of pyridine rings is 1. The molecule has 228 valence electrons. The van der Waals surface area contributed by atoms with Crippen LogP contribution < -0.4 is 10.5 Å². The number of hydrogen-bond acceptors (Lipinski definition) is 8. The second-order valence-corrected chi connectivity index (χ2v) is 11.7. The number of tetrazole rings is 1. The van der Waals surface area contributed by atoms with E-state index in [0.717, 1.165) is 24.1 Å². The van der Waals surface area contributed by atoms with Crippen molar-refractivity contribution in [1.29, 1.82) is 0 Å². The highest BCUT2D eigenvalue weighted by Crippen LogP contribution is 2.41. The Morgan fingerprint density at radius 1 is 1.00 bits per heavy atom. The third-order valence-corrected chi connectivity index (χ3v) is 9.43. The molecule has 0 radical (unpaired) electrons. The van der Waals surface area contributed by atoms with Gasteiger partial charge in [0, 0.05) is 30.9 Å². The number of benzene rings is 2. The quantitative estimate of drug-likeness (QED) is 0.311. The molecule has 0 aliphatic carbocycles. The molecule has 2 aliphatic rings. The standard InChI is InChI=1S/C32H35FN8O3/c1-44-28-6-5-26(41-22-36-37-38-41)20-27(28)29(42)40-18-10-31(21-40,24-3-2-4-25(33)19-24)9-15-39-16-11-32(12-17-39,30(34)43)23-7-13-35-14-8-23/h2-8,13-14,19-20,22H,9-12,15-18,21H2,1H3,(H2,34,43). The van der Waals surface area contributed by atoms with Crippen molar-refractivity contribution in [3.63, 3.8) is 0 Å². The second-order valence-electron chi connectivity index (χ2n) is 11.7. The van der Waals surface area contributed by atoms with Crippen LogP contribution in [0, 0.1) is 5.82 Å². The van der Waals surface area contributed by atoms with Gasteiger partial charge in [-0.25, -0.2) is 9.07 Å². The van der Waals surface area contributed by atoms with Crippen molar-refractivity contribution >= 4 is 11.8 Å². The summed E-state index contributed by atoms with van der Waals surface area (Å²) in [6, 6.07) is 15.7. The summed E-state index contributed by atoms with van der Waals surface area (Å²) in [5.41, 5.74) is 7.61. The van der Waals surface area contributed by atoms with E-state index in [1.807, 2.05) is 23.1 Å². The zero-order chi connectivity index (χ0) is 30.7. The van der Waals surface area contributed by atoms with Crippen LogP contribution >= 0.6 is 0 Å². The van der Waals surface area contributed by atoms with Crippen LogP contribution in [0.15, 0.2) is 73.3 Å². The Kier molecular flexibility index (Phi) is 8.09. The van der Waals surface area contributed by atoms with Crippen LogP contribution in [-0.2, 0) is 15.6 Å². The molecule has 1 unspecified atom stereocenters. The monoisotopic (exact) mass is 598 g/mol. The molecule has 1 atom stereocenters. The van der Waals surface area contributed by atoms with Crippen LogP contribution in [0.2, 0.25) is 0 Å². The van der Waals surface area contributed by atoms with E-state index < -0.39 is 10.8 Å². The summed E-state index contributed by atoms with van der Waals surface area (Å²) in [5.74, 6) is -0.333. The van der Waals surface area contributed by atoms with Gasteiger partial charge in [0.2, 0.25) is 5.91 Å². The van der Waals surface area contributed by atoms with Gasteiger partial charge in [-0.15, -0.1) is 5.10 Å². The van der Waals surface area contributed by atoms with E-state index >= 15 is 0 Å². The molecule has 2 aromatic heterocycles. The number of nitrogens with zero attached hydrogens (tertiary/aromatic N) is 7. The third kappa shape index (κ3) is 5.52. The van der Waals surface area contributed by atoms with E-state index in [-0.39, 0.29) is 17.6 Å². The summed E-state index contributed by atoms with van der Waals surface area (Å²) in [6.45, 7) is 3.09. The number of carbonyl (C=O) groups is 2. The number of hydrogen-bond donors (Lipinski definition) is 1. The summed E-state index contributed by atoms with van der Waals surface area (Å²) >= 11 is 0. The predicted octanol–water partition coefficient (Wildman–Crippen LogP) is 2.90. The molecule has 44 heavy (non-hydrogen) atoms. The number of ether oxygens (including phenoxy) is 1. The first-order chi connectivity index (χ1) is 21.3. The van der Waals surface area contributed by atoms with E-state index in [0.29, 0.717) is 62.4 Å². The fourth-order valence-electron chi connectivity index (χ4n) is 6.78. The molecular formula is C32H35FN8O3. The molecule has 0 spiro atoms. The maximum Gasteiger partial charge on any atom is 0.257 e. The largest absolute Gasteiger partial charge is 0.496 e. The van der Waals surface area contributed by atoms with Crippen LogP contribution in [0.25, 0.3) is 5.69 Å². The number of likely N-dealkylation sites (tertiary alicyclic amines) is 2. The average Bonchev–Trinajstić information content (AvgIpc) is 3.76. The number of carbonyl (C=O) groups excluding carboxylic acids is 2. The number of rotatable bonds is 9. The number of piperidine rings is 1. The number of primary amides is 1. The Hall–Kier alpha value is -4.71. The topological polar surface area (TPSA) is 132 Å². The maximum absolute atomic E-state index is 14.5. The molecule has 2 amide bonds. The van der Waals surface area contributed by atoms with Crippen LogP contribution in [0.3, 0.4) is 0 Å². The van der Waals surface area contributed by atoms with Crippen molar-refractivity contribution in [3.05, 3.63) is 95.8 Å². The number of halogens is 1. The molecule has 6 rings (SSSR count). The summed E-state index contributed by atoms with van der Waals surface area (Å²) in [5, 5.41) is 11.3. The third-order valence-electron chi connectivity index (χ3n) is 9.43. The lowest BCUT2D eigenvalue weighted by atomic mass is 9.72. The Bertz CT molecular complexity index is 1630. The van der Waals surface area contributed by atoms with Crippen LogP contribution in [-0.4, -0.2) is 86.6 Å². The first kappa shape index (κ1) is 29.4. The second kappa shape index (κ2) is 12.1. The van der Waals surface area contributed by atoms with Crippen LogP contribution in [0.4, 0.5) is 4.39 Å². The Morgan fingerprint density at radius 2 is 1.80 bits per heavy atom. The fraction of sp³-hybridized carbons (Fsp3) is 0.375. The lowest BCUT2D eigenvalue weighted by Gasteiger charge is -2.41. The smallest absolute Gasteiger partial charge is 0.257 e. The van der Waals surface area contributed by atoms with Crippen LogP contribution in [0.5, 0.6) is 5.75 Å². The lowest BCUT2D eigenvalue weighted by Crippen LogP contribution is -2.50. The summed E-state index contributed by atoms with van der Waals surface area (Å²) in [4.78, 5) is 34.9. The minimum Gasteiger partial charge on any atom is -0.496 e. The molecule has 2 saturated heterocycles. The molecule has 0 saturated carbocycles. The summed E-state index contributed by atoms with van der Waals surface area (Å²) in [6.07, 6.45) is 7.49. The van der Waals surface area contributed by atoms with Gasteiger partial charge in [0.15, 0.2) is 0 Å². The van der Waals surface area contributed by atoms with Gasteiger partial charge in [-0.2, -0.15) is 0 Å². The van der Waals surface area contributed by atoms with E-state index in [9.17, 15) is 14.0 Å². The molecule has 2 fully saturated rings. The molecule has 2 aromatic carbocycles. The Labute approximate surface area is 254 Å². The minimum absolute atomic E-state index is 0.170. The Morgan fingerprint density at radius 3 is 2.48 bits per heavy atom. The van der Waals surface area contributed by atoms with Crippen molar-refractivity contribution in [3.8, 4) is 11.4 Å². The lowest BCUT2D eigenvalue weighted by molar-refractivity contribution is -0.125. The van der Waals surface area contributed by atoms with Gasteiger partial charge in [0.05, 0.1) is 23.8 Å². The minimum atomic E-state index is -0.716. The molecule has 4 aromatic rings. The normalized spacial score (nSPS) is 20.0.